The van der Waals surface area contributed by atoms with Gasteiger partial charge >= 0.3 is 0 Å². The summed E-state index contributed by atoms with van der Waals surface area (Å²) in [5.41, 5.74) is 5.62. The highest BCUT2D eigenvalue weighted by molar-refractivity contribution is 5.01. The van der Waals surface area contributed by atoms with Crippen molar-refractivity contribution < 1.29 is 9.26 Å². The molecule has 0 amide bonds. The van der Waals surface area contributed by atoms with Crippen molar-refractivity contribution >= 4 is 0 Å². The molecule has 0 aliphatic carbocycles. The fourth-order valence-electron chi connectivity index (χ4n) is 1.97. The quantitative estimate of drug-likeness (QED) is 0.773. The minimum absolute atomic E-state index is 0.0880. The van der Waals surface area contributed by atoms with Gasteiger partial charge in [-0.05, 0) is 26.7 Å². The van der Waals surface area contributed by atoms with Crippen molar-refractivity contribution in [3.05, 3.63) is 11.7 Å². The van der Waals surface area contributed by atoms with Crippen LogP contribution in [0.3, 0.4) is 0 Å². The second-order valence-corrected chi connectivity index (χ2v) is 4.86. The zero-order valence-electron chi connectivity index (χ0n) is 11.9. The maximum Gasteiger partial charge on any atom is 0.246 e. The van der Waals surface area contributed by atoms with Gasteiger partial charge in [0, 0.05) is 6.61 Å². The van der Waals surface area contributed by atoms with Gasteiger partial charge in [-0.2, -0.15) is 4.98 Å². The molecule has 0 saturated carbocycles. The molecule has 0 saturated heterocycles. The maximum atomic E-state index is 6.17. The predicted molar refractivity (Wildman–Crippen MR) is 70.0 cm³/mol. The van der Waals surface area contributed by atoms with Crippen LogP contribution in [0.25, 0.3) is 0 Å². The Kier molecular flexibility index (Phi) is 5.75. The summed E-state index contributed by atoms with van der Waals surface area (Å²) in [5, 5.41) is 4.01. The minimum atomic E-state index is -0.553. The first-order chi connectivity index (χ1) is 8.55. The summed E-state index contributed by atoms with van der Waals surface area (Å²) in [4.78, 5) is 4.41. The molecular weight excluding hydrogens is 230 g/mol. The second-order valence-electron chi connectivity index (χ2n) is 4.86. The first-order valence-electron chi connectivity index (χ1n) is 6.79. The standard InChI is InChI=1S/C13H25N3O2/c1-5-8-10(17-7-3)11-15-12(18-16-11)13(4,14)9-6-2/h10H,5-9,14H2,1-4H3. The summed E-state index contributed by atoms with van der Waals surface area (Å²) < 4.78 is 10.9. The van der Waals surface area contributed by atoms with Gasteiger partial charge in [0.05, 0.1) is 5.54 Å². The third-order valence-electron chi connectivity index (χ3n) is 2.91. The average molecular weight is 255 g/mol. The Balaban J connectivity index is 2.83. The molecule has 0 aliphatic heterocycles. The van der Waals surface area contributed by atoms with Crippen LogP contribution in [0.5, 0.6) is 0 Å². The Morgan fingerprint density at radius 1 is 1.33 bits per heavy atom. The van der Waals surface area contributed by atoms with Gasteiger partial charge in [-0.1, -0.05) is 31.8 Å². The lowest BCUT2D eigenvalue weighted by atomic mass is 9.98. The van der Waals surface area contributed by atoms with Crippen LogP contribution in [-0.2, 0) is 10.3 Å². The first-order valence-corrected chi connectivity index (χ1v) is 6.79. The molecule has 0 radical (unpaired) electrons. The van der Waals surface area contributed by atoms with Gasteiger partial charge in [-0.15, -0.1) is 0 Å². The topological polar surface area (TPSA) is 74.2 Å². The molecule has 2 atom stereocenters. The number of rotatable bonds is 8. The largest absolute Gasteiger partial charge is 0.370 e. The van der Waals surface area contributed by atoms with Crippen LogP contribution in [0.1, 0.15) is 71.2 Å². The Hall–Kier alpha value is -0.940. The van der Waals surface area contributed by atoms with E-state index in [2.05, 4.69) is 24.0 Å². The van der Waals surface area contributed by atoms with E-state index in [0.29, 0.717) is 18.3 Å². The van der Waals surface area contributed by atoms with Crippen molar-refractivity contribution in [3.8, 4) is 0 Å². The number of hydrogen-bond acceptors (Lipinski definition) is 5. The summed E-state index contributed by atoms with van der Waals surface area (Å²) in [6.45, 7) is 8.72. The molecule has 5 nitrogen and oxygen atoms in total. The number of nitrogens with zero attached hydrogens (tertiary/aromatic N) is 2. The van der Waals surface area contributed by atoms with Crippen LogP contribution in [0.4, 0.5) is 0 Å². The SMILES string of the molecule is CCCC(OCC)c1noc(C(C)(N)CCC)n1. The van der Waals surface area contributed by atoms with E-state index in [4.69, 9.17) is 15.0 Å². The summed E-state index contributed by atoms with van der Waals surface area (Å²) >= 11 is 0. The molecule has 1 aromatic heterocycles. The monoisotopic (exact) mass is 255 g/mol. The van der Waals surface area contributed by atoms with E-state index in [1.807, 2.05) is 13.8 Å². The van der Waals surface area contributed by atoms with Crippen molar-refractivity contribution in [1.29, 1.82) is 0 Å². The predicted octanol–water partition coefficient (Wildman–Crippen LogP) is 2.92. The van der Waals surface area contributed by atoms with Crippen LogP contribution in [-0.4, -0.2) is 16.7 Å². The zero-order valence-corrected chi connectivity index (χ0v) is 11.9. The van der Waals surface area contributed by atoms with Crippen LogP contribution >= 0.6 is 0 Å². The lowest BCUT2D eigenvalue weighted by Crippen LogP contribution is -2.33. The summed E-state index contributed by atoms with van der Waals surface area (Å²) in [6, 6.07) is 0. The summed E-state index contributed by atoms with van der Waals surface area (Å²) in [7, 11) is 0. The maximum absolute atomic E-state index is 6.17. The second kappa shape index (κ2) is 6.85. The molecule has 18 heavy (non-hydrogen) atoms. The molecule has 0 fully saturated rings. The van der Waals surface area contributed by atoms with E-state index in [1.165, 1.54) is 0 Å². The molecule has 0 aromatic carbocycles. The molecule has 1 rings (SSSR count). The lowest BCUT2D eigenvalue weighted by Gasteiger charge is -2.18. The van der Waals surface area contributed by atoms with Crippen LogP contribution in [0.2, 0.25) is 0 Å². The van der Waals surface area contributed by atoms with E-state index in [9.17, 15) is 0 Å². The molecule has 0 bridgehead atoms. The Bertz CT molecular complexity index is 344. The number of hydrogen-bond donors (Lipinski definition) is 1. The smallest absolute Gasteiger partial charge is 0.246 e. The fraction of sp³-hybridized carbons (Fsp3) is 0.846. The molecule has 1 heterocycles. The molecule has 5 heteroatoms. The highest BCUT2D eigenvalue weighted by Gasteiger charge is 2.29. The van der Waals surface area contributed by atoms with Crippen molar-refractivity contribution in [2.75, 3.05) is 6.61 Å². The van der Waals surface area contributed by atoms with E-state index in [1.54, 1.807) is 0 Å². The van der Waals surface area contributed by atoms with E-state index in [0.717, 1.165) is 25.7 Å². The first kappa shape index (κ1) is 15.1. The van der Waals surface area contributed by atoms with Crippen LogP contribution in [0, 0.1) is 0 Å². The van der Waals surface area contributed by atoms with Gasteiger partial charge in [0.2, 0.25) is 11.7 Å². The highest BCUT2D eigenvalue weighted by Crippen LogP contribution is 2.25. The highest BCUT2D eigenvalue weighted by atomic mass is 16.5. The molecule has 2 unspecified atom stereocenters. The van der Waals surface area contributed by atoms with Crippen molar-refractivity contribution in [1.82, 2.24) is 10.1 Å². The van der Waals surface area contributed by atoms with Crippen molar-refractivity contribution in [2.45, 2.75) is 65.0 Å². The fourth-order valence-corrected chi connectivity index (χ4v) is 1.97. The van der Waals surface area contributed by atoms with Gasteiger partial charge in [-0.25, -0.2) is 0 Å². The van der Waals surface area contributed by atoms with Crippen molar-refractivity contribution in [3.63, 3.8) is 0 Å². The van der Waals surface area contributed by atoms with Crippen LogP contribution < -0.4 is 5.73 Å². The Morgan fingerprint density at radius 3 is 2.61 bits per heavy atom. The van der Waals surface area contributed by atoms with E-state index < -0.39 is 5.54 Å². The summed E-state index contributed by atoms with van der Waals surface area (Å²) in [6.07, 6.45) is 3.62. The normalized spacial score (nSPS) is 16.5. The lowest BCUT2D eigenvalue weighted by molar-refractivity contribution is 0.0477. The Labute approximate surface area is 109 Å². The van der Waals surface area contributed by atoms with E-state index >= 15 is 0 Å². The van der Waals surface area contributed by atoms with Gasteiger partial charge in [0.25, 0.3) is 0 Å². The van der Waals surface area contributed by atoms with Crippen LogP contribution in [0.15, 0.2) is 4.52 Å². The molecule has 104 valence electrons. The van der Waals surface area contributed by atoms with Gasteiger partial charge in [0.15, 0.2) is 0 Å². The van der Waals surface area contributed by atoms with Gasteiger partial charge in [0.1, 0.15) is 6.10 Å². The third kappa shape index (κ3) is 3.78. The number of aromatic nitrogens is 2. The van der Waals surface area contributed by atoms with Crippen molar-refractivity contribution in [2.24, 2.45) is 5.73 Å². The molecule has 0 aliphatic rings. The number of nitrogens with two attached hydrogens (primary N) is 1. The molecule has 0 spiro atoms. The van der Waals surface area contributed by atoms with E-state index in [-0.39, 0.29) is 6.10 Å². The molecule has 1 aromatic rings. The summed E-state index contributed by atoms with van der Waals surface area (Å²) in [5.74, 6) is 1.11. The molecular formula is C13H25N3O2. The van der Waals surface area contributed by atoms with Gasteiger partial charge < -0.3 is 15.0 Å². The molecule has 2 N–H and O–H groups in total. The third-order valence-corrected chi connectivity index (χ3v) is 2.91. The number of ether oxygens (including phenoxy) is 1. The zero-order chi connectivity index (χ0) is 13.6. The Morgan fingerprint density at radius 2 is 2.06 bits per heavy atom. The van der Waals surface area contributed by atoms with Gasteiger partial charge in [-0.3, -0.25) is 0 Å². The minimum Gasteiger partial charge on any atom is -0.370 e. The average Bonchev–Trinajstić information content (AvgIpc) is 2.78.